The first-order chi connectivity index (χ1) is 9.95. The first-order valence-corrected chi connectivity index (χ1v) is 8.14. The van der Waals surface area contributed by atoms with Crippen LogP contribution in [0.1, 0.15) is 42.0 Å². The maximum atomic E-state index is 4.49. The Morgan fingerprint density at radius 3 is 2.48 bits per heavy atom. The van der Waals surface area contributed by atoms with Crippen LogP contribution >= 0.6 is 15.9 Å². The summed E-state index contributed by atoms with van der Waals surface area (Å²) in [6.45, 7) is 7.32. The predicted molar refractivity (Wildman–Crippen MR) is 88.3 cm³/mol. The summed E-state index contributed by atoms with van der Waals surface area (Å²) in [5.41, 5.74) is 4.71. The average Bonchev–Trinajstić information content (AvgIpc) is 2.89. The van der Waals surface area contributed by atoms with Crippen molar-refractivity contribution in [3.8, 4) is 0 Å². The lowest BCUT2D eigenvalue weighted by atomic mass is 10.0. The molecule has 0 bridgehead atoms. The minimum absolute atomic E-state index is 0.254. The molecule has 21 heavy (non-hydrogen) atoms. The third kappa shape index (κ3) is 3.37. The van der Waals surface area contributed by atoms with Crippen molar-refractivity contribution in [2.45, 2.75) is 39.7 Å². The van der Waals surface area contributed by atoms with Gasteiger partial charge in [-0.1, -0.05) is 6.92 Å². The fourth-order valence-electron chi connectivity index (χ4n) is 2.56. The Hall–Kier alpha value is -1.14. The summed E-state index contributed by atoms with van der Waals surface area (Å²) in [6.07, 6.45) is 3.98. The first-order valence-electron chi connectivity index (χ1n) is 7.35. The van der Waals surface area contributed by atoms with Gasteiger partial charge in [-0.25, -0.2) is 0 Å². The molecular weight excluding hydrogens is 330 g/mol. The van der Waals surface area contributed by atoms with E-state index in [0.29, 0.717) is 0 Å². The lowest BCUT2D eigenvalue weighted by Crippen LogP contribution is -2.25. The van der Waals surface area contributed by atoms with E-state index in [2.05, 4.69) is 45.3 Å². The summed E-state index contributed by atoms with van der Waals surface area (Å²) in [4.78, 5) is 0. The molecule has 2 heterocycles. The molecule has 0 saturated carbocycles. The molecular formula is C15H24BrN5. The third-order valence-corrected chi connectivity index (χ3v) is 4.98. The molecule has 2 aromatic heterocycles. The second-order valence-corrected chi connectivity index (χ2v) is 6.28. The highest BCUT2D eigenvalue weighted by molar-refractivity contribution is 9.10. The van der Waals surface area contributed by atoms with Gasteiger partial charge in [0.25, 0.3) is 0 Å². The molecule has 1 unspecified atom stereocenters. The van der Waals surface area contributed by atoms with Gasteiger partial charge in [-0.2, -0.15) is 10.2 Å². The van der Waals surface area contributed by atoms with Crippen molar-refractivity contribution >= 4 is 15.9 Å². The molecule has 0 fully saturated rings. The lowest BCUT2D eigenvalue weighted by molar-refractivity contribution is 0.508. The molecule has 0 saturated heterocycles. The molecule has 2 aromatic rings. The van der Waals surface area contributed by atoms with Crippen LogP contribution in [-0.2, 0) is 20.5 Å². The Labute approximate surface area is 134 Å². The van der Waals surface area contributed by atoms with Crippen LogP contribution in [0.25, 0.3) is 0 Å². The van der Waals surface area contributed by atoms with E-state index in [1.54, 1.807) is 0 Å². The van der Waals surface area contributed by atoms with Gasteiger partial charge in [-0.15, -0.1) is 0 Å². The van der Waals surface area contributed by atoms with E-state index in [1.165, 1.54) is 17.0 Å². The smallest absolute Gasteiger partial charge is 0.0738 e. The third-order valence-electron chi connectivity index (χ3n) is 3.95. The molecule has 0 aromatic carbocycles. The van der Waals surface area contributed by atoms with Crippen LogP contribution in [0.4, 0.5) is 0 Å². The molecule has 0 spiro atoms. The molecule has 5 nitrogen and oxygen atoms in total. The Balaban J connectivity index is 2.30. The van der Waals surface area contributed by atoms with Gasteiger partial charge in [-0.05, 0) is 42.7 Å². The molecule has 0 aliphatic rings. The monoisotopic (exact) mass is 353 g/mol. The van der Waals surface area contributed by atoms with E-state index in [-0.39, 0.29) is 6.04 Å². The van der Waals surface area contributed by atoms with Crippen molar-refractivity contribution in [3.63, 3.8) is 0 Å². The topological polar surface area (TPSA) is 47.7 Å². The number of hydrogen-bond donors (Lipinski definition) is 1. The Bertz CT molecular complexity index is 614. The van der Waals surface area contributed by atoms with E-state index in [1.807, 2.05) is 36.6 Å². The molecule has 0 radical (unpaired) electrons. The van der Waals surface area contributed by atoms with Crippen molar-refractivity contribution in [1.82, 2.24) is 24.9 Å². The second kappa shape index (κ2) is 6.75. The molecule has 0 aliphatic carbocycles. The highest BCUT2D eigenvalue weighted by Crippen LogP contribution is 2.27. The van der Waals surface area contributed by atoms with E-state index in [4.69, 9.17) is 0 Å². The zero-order chi connectivity index (χ0) is 15.6. The summed E-state index contributed by atoms with van der Waals surface area (Å²) < 4.78 is 5.00. The van der Waals surface area contributed by atoms with Crippen molar-refractivity contribution in [2.75, 3.05) is 6.54 Å². The highest BCUT2D eigenvalue weighted by atomic mass is 79.9. The van der Waals surface area contributed by atoms with Crippen LogP contribution in [0.2, 0.25) is 0 Å². The van der Waals surface area contributed by atoms with Crippen molar-refractivity contribution in [3.05, 3.63) is 33.3 Å². The number of hydrogen-bond acceptors (Lipinski definition) is 3. The quantitative estimate of drug-likeness (QED) is 0.868. The highest BCUT2D eigenvalue weighted by Gasteiger charge is 2.21. The Morgan fingerprint density at radius 2 is 2.00 bits per heavy atom. The van der Waals surface area contributed by atoms with E-state index >= 15 is 0 Å². The maximum Gasteiger partial charge on any atom is 0.0738 e. The summed E-state index contributed by atoms with van der Waals surface area (Å²) >= 11 is 3.66. The van der Waals surface area contributed by atoms with Gasteiger partial charge in [0.1, 0.15) is 0 Å². The zero-order valence-electron chi connectivity index (χ0n) is 13.4. The Kier molecular flexibility index (Phi) is 5.22. The van der Waals surface area contributed by atoms with Crippen LogP contribution in [-0.4, -0.2) is 26.1 Å². The van der Waals surface area contributed by atoms with Crippen LogP contribution in [0, 0.1) is 13.8 Å². The van der Waals surface area contributed by atoms with Crippen LogP contribution < -0.4 is 5.32 Å². The molecule has 2 rings (SSSR count). The molecule has 0 aliphatic heterocycles. The summed E-state index contributed by atoms with van der Waals surface area (Å²) in [5, 5.41) is 12.5. The summed E-state index contributed by atoms with van der Waals surface area (Å²) in [6, 6.07) is 0.254. The van der Waals surface area contributed by atoms with E-state index < -0.39 is 0 Å². The normalized spacial score (nSPS) is 12.9. The van der Waals surface area contributed by atoms with Crippen molar-refractivity contribution in [1.29, 1.82) is 0 Å². The van der Waals surface area contributed by atoms with E-state index in [9.17, 15) is 0 Å². The number of rotatable bonds is 6. The second-order valence-electron chi connectivity index (χ2n) is 5.49. The zero-order valence-corrected chi connectivity index (χ0v) is 15.0. The fraction of sp³-hybridized carbons (Fsp3) is 0.600. The molecule has 6 heteroatoms. The van der Waals surface area contributed by atoms with Crippen LogP contribution in [0.3, 0.4) is 0 Å². The molecule has 1 N–H and O–H groups in total. The SMILES string of the molecule is CCCNC(Cc1c(Br)c(C)nn1C)c1cnn(C)c1C. The van der Waals surface area contributed by atoms with Gasteiger partial charge in [0, 0.05) is 37.8 Å². The first kappa shape index (κ1) is 16.2. The largest absolute Gasteiger partial charge is 0.309 e. The number of nitrogens with zero attached hydrogens (tertiary/aromatic N) is 4. The van der Waals surface area contributed by atoms with Gasteiger partial charge in [-0.3, -0.25) is 9.36 Å². The van der Waals surface area contributed by atoms with Gasteiger partial charge in [0.2, 0.25) is 0 Å². The number of aromatic nitrogens is 4. The number of aryl methyl sites for hydroxylation is 3. The van der Waals surface area contributed by atoms with Gasteiger partial charge < -0.3 is 5.32 Å². The lowest BCUT2D eigenvalue weighted by Gasteiger charge is -2.19. The van der Waals surface area contributed by atoms with Gasteiger partial charge in [0.15, 0.2) is 0 Å². The van der Waals surface area contributed by atoms with Gasteiger partial charge in [0.05, 0.1) is 22.1 Å². The van der Waals surface area contributed by atoms with Gasteiger partial charge >= 0.3 is 0 Å². The predicted octanol–water partition coefficient (Wildman–Crippen LogP) is 2.82. The van der Waals surface area contributed by atoms with E-state index in [0.717, 1.165) is 29.6 Å². The number of nitrogens with one attached hydrogen (secondary N) is 1. The number of halogens is 1. The molecule has 1 atom stereocenters. The standard InChI is InChI=1S/C15H24BrN5/c1-6-7-17-13(12-9-18-20(4)11(12)3)8-14-15(16)10(2)19-21(14)5/h9,13,17H,6-8H2,1-5H3. The maximum absolute atomic E-state index is 4.49. The average molecular weight is 354 g/mol. The molecule has 116 valence electrons. The van der Waals surface area contributed by atoms with Crippen LogP contribution in [0.15, 0.2) is 10.7 Å². The minimum Gasteiger partial charge on any atom is -0.309 e. The van der Waals surface area contributed by atoms with Crippen LogP contribution in [0.5, 0.6) is 0 Å². The minimum atomic E-state index is 0.254. The van der Waals surface area contributed by atoms with Crippen molar-refractivity contribution < 1.29 is 0 Å². The van der Waals surface area contributed by atoms with Crippen molar-refractivity contribution in [2.24, 2.45) is 14.1 Å². The molecule has 0 amide bonds. The Morgan fingerprint density at radius 1 is 1.29 bits per heavy atom. The summed E-state index contributed by atoms with van der Waals surface area (Å²) in [5.74, 6) is 0. The fourth-order valence-corrected chi connectivity index (χ4v) is 3.06. The summed E-state index contributed by atoms with van der Waals surface area (Å²) in [7, 11) is 3.99.